The number of nitriles is 1. The van der Waals surface area contributed by atoms with Gasteiger partial charge in [-0.3, -0.25) is 10.1 Å². The first kappa shape index (κ1) is 21.0. The van der Waals surface area contributed by atoms with E-state index in [9.17, 15) is 10.1 Å². The fraction of sp³-hybridized carbons (Fsp3) is 0. The third-order valence-corrected chi connectivity index (χ3v) is 5.25. The number of benzene rings is 2. The number of nitrogens with one attached hydrogen (secondary N) is 1. The number of ether oxygens (including phenoxy) is 1. The molecule has 4 aromatic rings. The van der Waals surface area contributed by atoms with E-state index in [2.05, 4.69) is 26.4 Å². The molecule has 1 N–H and O–H groups in total. The molecule has 0 atom stereocenters. The summed E-state index contributed by atoms with van der Waals surface area (Å²) in [5.41, 5.74) is 2.08. The molecule has 0 fully saturated rings. The summed E-state index contributed by atoms with van der Waals surface area (Å²) in [6.07, 6.45) is 7.06. The van der Waals surface area contributed by atoms with E-state index in [0.717, 1.165) is 11.3 Å². The molecule has 2 aromatic carbocycles. The van der Waals surface area contributed by atoms with Crippen LogP contribution in [0, 0.1) is 23.7 Å². The average Bonchev–Trinajstić information content (AvgIpc) is 3.26. The maximum Gasteiger partial charge on any atom is 0.301 e. The van der Waals surface area contributed by atoms with E-state index in [0.29, 0.717) is 27.5 Å². The minimum Gasteiger partial charge on any atom is -0.430 e. The van der Waals surface area contributed by atoms with Gasteiger partial charge in [0.2, 0.25) is 5.13 Å². The molecule has 4 rings (SSSR count). The topological polar surface area (TPSA) is 101 Å². The summed E-state index contributed by atoms with van der Waals surface area (Å²) >= 11 is 6.92. The van der Waals surface area contributed by atoms with Crippen LogP contribution in [0.5, 0.6) is 10.9 Å². The molecule has 0 radical (unpaired) electrons. The van der Waals surface area contributed by atoms with Crippen molar-refractivity contribution in [3.8, 4) is 40.5 Å². The first-order chi connectivity index (χ1) is 15.6. The lowest BCUT2D eigenvalue weighted by molar-refractivity contribution is 0.102. The Morgan fingerprint density at radius 1 is 1.12 bits per heavy atom. The Labute approximate surface area is 192 Å². The van der Waals surface area contributed by atoms with E-state index < -0.39 is 5.91 Å². The second-order valence-corrected chi connectivity index (χ2v) is 7.68. The third-order valence-electron chi connectivity index (χ3n) is 4.28. The van der Waals surface area contributed by atoms with Crippen molar-refractivity contribution < 1.29 is 9.53 Å². The monoisotopic (exact) mass is 457 g/mol. The molecule has 0 aliphatic rings. The summed E-state index contributed by atoms with van der Waals surface area (Å²) in [4.78, 5) is 17.2. The molecule has 2 heterocycles. The molecule has 2 aromatic heterocycles. The molecule has 0 spiro atoms. The Bertz CT molecular complexity index is 1390. The maximum atomic E-state index is 13.1. The Morgan fingerprint density at radius 2 is 1.91 bits per heavy atom. The summed E-state index contributed by atoms with van der Waals surface area (Å²) in [5, 5.41) is 20.9. The minimum atomic E-state index is -0.486. The number of amides is 1. The highest BCUT2D eigenvalue weighted by molar-refractivity contribution is 7.17. The van der Waals surface area contributed by atoms with Crippen molar-refractivity contribution in [1.82, 2.24) is 15.2 Å². The van der Waals surface area contributed by atoms with Crippen LogP contribution in [-0.4, -0.2) is 21.1 Å². The van der Waals surface area contributed by atoms with Crippen LogP contribution >= 0.6 is 22.9 Å². The van der Waals surface area contributed by atoms with Gasteiger partial charge in [-0.15, -0.1) is 11.5 Å². The highest BCUT2D eigenvalue weighted by atomic mass is 35.5. The van der Waals surface area contributed by atoms with Gasteiger partial charge in [0.25, 0.3) is 5.91 Å². The number of rotatable bonds is 5. The molecule has 0 saturated carbocycles. The van der Waals surface area contributed by atoms with Gasteiger partial charge in [-0.1, -0.05) is 40.8 Å². The van der Waals surface area contributed by atoms with E-state index in [1.54, 1.807) is 48.5 Å². The number of anilines is 1. The quantitative estimate of drug-likeness (QED) is 0.416. The summed E-state index contributed by atoms with van der Waals surface area (Å²) in [7, 11) is 0. The van der Waals surface area contributed by atoms with Gasteiger partial charge in [-0.05, 0) is 53.3 Å². The zero-order chi connectivity index (χ0) is 22.5. The molecule has 0 bridgehead atoms. The predicted molar refractivity (Wildman–Crippen MR) is 122 cm³/mol. The van der Waals surface area contributed by atoms with Gasteiger partial charge >= 0.3 is 5.19 Å². The van der Waals surface area contributed by atoms with E-state index in [1.807, 2.05) is 6.07 Å². The molecular weight excluding hydrogens is 446 g/mol. The van der Waals surface area contributed by atoms with Gasteiger partial charge in [0.15, 0.2) is 0 Å². The third kappa shape index (κ3) is 4.57. The van der Waals surface area contributed by atoms with Crippen molar-refractivity contribution in [1.29, 1.82) is 5.26 Å². The second kappa shape index (κ2) is 9.27. The van der Waals surface area contributed by atoms with Gasteiger partial charge in [-0.2, -0.15) is 5.26 Å². The van der Waals surface area contributed by atoms with Gasteiger partial charge < -0.3 is 4.74 Å². The number of terminal acetylenes is 1. The zero-order valence-corrected chi connectivity index (χ0v) is 17.8. The van der Waals surface area contributed by atoms with Crippen LogP contribution in [0.2, 0.25) is 5.02 Å². The number of carbonyl (C=O) groups is 1. The zero-order valence-electron chi connectivity index (χ0n) is 16.2. The number of hydrogen-bond donors (Lipinski definition) is 1. The van der Waals surface area contributed by atoms with Crippen LogP contribution in [0.3, 0.4) is 0 Å². The number of pyridine rings is 1. The van der Waals surface area contributed by atoms with Crippen molar-refractivity contribution in [2.75, 3.05) is 5.32 Å². The maximum absolute atomic E-state index is 13.1. The lowest BCUT2D eigenvalue weighted by Gasteiger charge is -2.11. The van der Waals surface area contributed by atoms with Crippen molar-refractivity contribution in [2.45, 2.75) is 0 Å². The van der Waals surface area contributed by atoms with Gasteiger partial charge in [-0.25, -0.2) is 4.98 Å². The van der Waals surface area contributed by atoms with Crippen LogP contribution in [0.25, 0.3) is 11.1 Å². The van der Waals surface area contributed by atoms with Gasteiger partial charge in [0.05, 0.1) is 5.56 Å². The summed E-state index contributed by atoms with van der Waals surface area (Å²) in [6.45, 7) is 0. The number of halogens is 1. The molecule has 154 valence electrons. The van der Waals surface area contributed by atoms with E-state index in [-0.39, 0.29) is 21.6 Å². The molecular formula is C23H12ClN5O2S. The average molecular weight is 458 g/mol. The van der Waals surface area contributed by atoms with Crippen LogP contribution in [0.4, 0.5) is 5.13 Å². The molecule has 9 heteroatoms. The molecule has 0 aliphatic heterocycles. The number of carbonyl (C=O) groups excluding carboxylic acids is 1. The van der Waals surface area contributed by atoms with Gasteiger partial charge in [0.1, 0.15) is 17.5 Å². The summed E-state index contributed by atoms with van der Waals surface area (Å²) in [5.74, 6) is 2.64. The molecule has 32 heavy (non-hydrogen) atoms. The standard InChI is InChI=1S/C23H12ClN5O2S/c1-2-14-5-3-4-6-18(14)20-13-26-16(12-25)11-19(20)21(30)27-22-28-29-23(32-22)31-17-9-7-15(24)8-10-17/h1,3-11,13H,(H,27,28,30). The van der Waals surface area contributed by atoms with E-state index >= 15 is 0 Å². The normalized spacial score (nSPS) is 10.1. The predicted octanol–water partition coefficient (Wildman–Crippen LogP) is 5.15. The van der Waals surface area contributed by atoms with Crippen LogP contribution in [0.1, 0.15) is 21.6 Å². The first-order valence-electron chi connectivity index (χ1n) is 9.12. The lowest BCUT2D eigenvalue weighted by atomic mass is 9.96. The minimum absolute atomic E-state index is 0.0983. The van der Waals surface area contributed by atoms with E-state index in [1.165, 1.54) is 12.3 Å². The molecule has 0 unspecified atom stereocenters. The smallest absolute Gasteiger partial charge is 0.301 e. The molecule has 7 nitrogen and oxygen atoms in total. The number of hydrogen-bond acceptors (Lipinski definition) is 7. The van der Waals surface area contributed by atoms with E-state index in [4.69, 9.17) is 22.8 Å². The van der Waals surface area contributed by atoms with Gasteiger partial charge in [0, 0.05) is 22.3 Å². The fourth-order valence-corrected chi connectivity index (χ4v) is 3.57. The van der Waals surface area contributed by atoms with Crippen molar-refractivity contribution in [3.05, 3.63) is 82.6 Å². The Balaban J connectivity index is 1.61. The van der Waals surface area contributed by atoms with Crippen LogP contribution < -0.4 is 10.1 Å². The Morgan fingerprint density at radius 3 is 2.66 bits per heavy atom. The fourth-order valence-electron chi connectivity index (χ4n) is 2.83. The Kier molecular flexibility index (Phi) is 6.09. The number of aromatic nitrogens is 3. The summed E-state index contributed by atoms with van der Waals surface area (Å²) < 4.78 is 5.62. The Hall–Kier alpha value is -4.24. The first-order valence-corrected chi connectivity index (χ1v) is 10.3. The number of nitrogens with zero attached hydrogens (tertiary/aromatic N) is 4. The highest BCUT2D eigenvalue weighted by Crippen LogP contribution is 2.30. The van der Waals surface area contributed by atoms with Crippen molar-refractivity contribution in [2.24, 2.45) is 0 Å². The SMILES string of the molecule is C#Cc1ccccc1-c1cnc(C#N)cc1C(=O)Nc1nnc(Oc2ccc(Cl)cc2)s1. The van der Waals surface area contributed by atoms with Crippen molar-refractivity contribution in [3.63, 3.8) is 0 Å². The lowest BCUT2D eigenvalue weighted by Crippen LogP contribution is -2.14. The summed E-state index contributed by atoms with van der Waals surface area (Å²) in [6, 6.07) is 17.3. The highest BCUT2D eigenvalue weighted by Gasteiger charge is 2.18. The van der Waals surface area contributed by atoms with Crippen LogP contribution in [-0.2, 0) is 0 Å². The van der Waals surface area contributed by atoms with Crippen LogP contribution in [0.15, 0.2) is 60.8 Å². The van der Waals surface area contributed by atoms with Crippen molar-refractivity contribution >= 4 is 34.0 Å². The molecule has 0 saturated heterocycles. The molecule has 1 amide bonds. The molecule has 0 aliphatic carbocycles. The largest absolute Gasteiger partial charge is 0.430 e. The second-order valence-electron chi connectivity index (χ2n) is 6.30.